The molecule has 0 aliphatic carbocycles. The molecule has 0 saturated heterocycles. The summed E-state index contributed by atoms with van der Waals surface area (Å²) in [5, 5.41) is 0. The van der Waals surface area contributed by atoms with E-state index in [9.17, 15) is 0 Å². The fourth-order valence-electron chi connectivity index (χ4n) is 2.20. The molecule has 0 aliphatic heterocycles. The van der Waals surface area contributed by atoms with Crippen molar-refractivity contribution in [1.82, 2.24) is 4.98 Å². The number of ether oxygens (including phenoxy) is 1. The molecule has 4 heteroatoms. The molecule has 0 atom stereocenters. The van der Waals surface area contributed by atoms with E-state index < -0.39 is 0 Å². The van der Waals surface area contributed by atoms with Gasteiger partial charge >= 0.3 is 0 Å². The lowest BCUT2D eigenvalue weighted by Gasteiger charge is -2.03. The summed E-state index contributed by atoms with van der Waals surface area (Å²) in [6, 6.07) is 9.48. The second kappa shape index (κ2) is 4.56. The van der Waals surface area contributed by atoms with E-state index in [-0.39, 0.29) is 0 Å². The van der Waals surface area contributed by atoms with Gasteiger partial charge in [-0.2, -0.15) is 0 Å². The second-order valence-electron chi connectivity index (χ2n) is 4.81. The molecule has 3 aromatic rings. The minimum Gasteiger partial charge on any atom is -0.497 e. The number of nitrogen functional groups attached to an aromatic ring is 1. The number of rotatable bonds is 2. The quantitative estimate of drug-likeness (QED) is 0.720. The van der Waals surface area contributed by atoms with E-state index in [1.165, 1.54) is 0 Å². The summed E-state index contributed by atoms with van der Waals surface area (Å²) in [6.45, 7) is 3.98. The van der Waals surface area contributed by atoms with Crippen molar-refractivity contribution in [3.8, 4) is 17.2 Å². The third-order valence-electron chi connectivity index (χ3n) is 3.62. The molecule has 2 N–H and O–H groups in total. The molecule has 0 unspecified atom stereocenters. The Balaban J connectivity index is 2.15. The molecule has 0 spiro atoms. The summed E-state index contributed by atoms with van der Waals surface area (Å²) in [4.78, 5) is 4.51. The number of hydrogen-bond acceptors (Lipinski definition) is 4. The molecule has 0 aliphatic rings. The maximum Gasteiger partial charge on any atom is 0.227 e. The molecule has 1 aromatic heterocycles. The zero-order valence-electron chi connectivity index (χ0n) is 11.7. The van der Waals surface area contributed by atoms with Gasteiger partial charge in [0.2, 0.25) is 5.89 Å². The summed E-state index contributed by atoms with van der Waals surface area (Å²) in [7, 11) is 1.64. The van der Waals surface area contributed by atoms with Crippen LogP contribution in [-0.4, -0.2) is 12.1 Å². The normalized spacial score (nSPS) is 10.9. The minimum absolute atomic E-state index is 0.593. The molecule has 102 valence electrons. The van der Waals surface area contributed by atoms with Gasteiger partial charge in [0.15, 0.2) is 5.58 Å². The Morgan fingerprint density at radius 2 is 1.80 bits per heavy atom. The molecule has 2 aromatic carbocycles. The Morgan fingerprint density at radius 1 is 1.10 bits per heavy atom. The SMILES string of the molecule is COc1ccc(-c2nc3cc(N)c(C)c(C)c3o2)cc1. The Morgan fingerprint density at radius 3 is 2.45 bits per heavy atom. The van der Waals surface area contributed by atoms with Gasteiger partial charge in [-0.15, -0.1) is 0 Å². The summed E-state index contributed by atoms with van der Waals surface area (Å²) in [6.07, 6.45) is 0. The zero-order valence-corrected chi connectivity index (χ0v) is 11.7. The Hall–Kier alpha value is -2.49. The Labute approximate surface area is 117 Å². The number of hydrogen-bond donors (Lipinski definition) is 1. The van der Waals surface area contributed by atoms with Gasteiger partial charge in [0.25, 0.3) is 0 Å². The molecule has 0 amide bonds. The topological polar surface area (TPSA) is 61.3 Å². The summed E-state index contributed by atoms with van der Waals surface area (Å²) >= 11 is 0. The molecule has 0 bridgehead atoms. The Bertz CT molecular complexity index is 773. The molecular weight excluding hydrogens is 252 g/mol. The average molecular weight is 268 g/mol. The molecular formula is C16H16N2O2. The highest BCUT2D eigenvalue weighted by molar-refractivity contribution is 5.84. The fraction of sp³-hybridized carbons (Fsp3) is 0.188. The number of methoxy groups -OCH3 is 1. The molecule has 3 rings (SSSR count). The van der Waals surface area contributed by atoms with Gasteiger partial charge in [0.05, 0.1) is 7.11 Å². The van der Waals surface area contributed by atoms with Crippen LogP contribution >= 0.6 is 0 Å². The van der Waals surface area contributed by atoms with Crippen LogP contribution < -0.4 is 10.5 Å². The van der Waals surface area contributed by atoms with Crippen LogP contribution in [0.25, 0.3) is 22.6 Å². The number of aromatic nitrogens is 1. The number of benzene rings is 2. The van der Waals surface area contributed by atoms with E-state index in [4.69, 9.17) is 14.9 Å². The van der Waals surface area contributed by atoms with Gasteiger partial charge in [-0.25, -0.2) is 4.98 Å². The third-order valence-corrected chi connectivity index (χ3v) is 3.62. The lowest BCUT2D eigenvalue weighted by Crippen LogP contribution is -1.92. The highest BCUT2D eigenvalue weighted by Gasteiger charge is 2.13. The van der Waals surface area contributed by atoms with Crippen molar-refractivity contribution in [2.75, 3.05) is 12.8 Å². The maximum atomic E-state index is 5.97. The van der Waals surface area contributed by atoms with E-state index in [1.54, 1.807) is 7.11 Å². The number of nitrogens with two attached hydrogens (primary N) is 1. The number of nitrogens with zero attached hydrogens (tertiary/aromatic N) is 1. The van der Waals surface area contributed by atoms with E-state index in [1.807, 2.05) is 44.2 Å². The van der Waals surface area contributed by atoms with Crippen LogP contribution in [0.15, 0.2) is 34.7 Å². The predicted octanol–water partition coefficient (Wildman–Crippen LogP) is 3.70. The lowest BCUT2D eigenvalue weighted by molar-refractivity contribution is 0.415. The van der Waals surface area contributed by atoms with Crippen LogP contribution in [0.1, 0.15) is 11.1 Å². The van der Waals surface area contributed by atoms with Crippen molar-refractivity contribution in [3.05, 3.63) is 41.5 Å². The van der Waals surface area contributed by atoms with Crippen LogP contribution in [-0.2, 0) is 0 Å². The number of fused-ring (bicyclic) bond motifs is 1. The van der Waals surface area contributed by atoms with Gasteiger partial charge < -0.3 is 14.9 Å². The van der Waals surface area contributed by atoms with Crippen LogP contribution in [0.2, 0.25) is 0 Å². The second-order valence-corrected chi connectivity index (χ2v) is 4.81. The zero-order chi connectivity index (χ0) is 14.3. The first-order valence-corrected chi connectivity index (χ1v) is 6.41. The highest BCUT2D eigenvalue weighted by atomic mass is 16.5. The van der Waals surface area contributed by atoms with E-state index in [0.29, 0.717) is 5.89 Å². The van der Waals surface area contributed by atoms with Crippen LogP contribution in [0.5, 0.6) is 5.75 Å². The summed E-state index contributed by atoms with van der Waals surface area (Å²) in [5.74, 6) is 1.40. The average Bonchev–Trinajstić information content (AvgIpc) is 2.89. The van der Waals surface area contributed by atoms with Crippen molar-refractivity contribution in [3.63, 3.8) is 0 Å². The lowest BCUT2D eigenvalue weighted by atomic mass is 10.1. The number of aryl methyl sites for hydroxylation is 1. The first kappa shape index (κ1) is 12.5. The van der Waals surface area contributed by atoms with Crippen molar-refractivity contribution >= 4 is 16.8 Å². The maximum absolute atomic E-state index is 5.97. The van der Waals surface area contributed by atoms with Crippen LogP contribution in [0, 0.1) is 13.8 Å². The Kier molecular flexibility index (Phi) is 2.86. The smallest absolute Gasteiger partial charge is 0.227 e. The van der Waals surface area contributed by atoms with Gasteiger partial charge in [0, 0.05) is 11.3 Å². The fourth-order valence-corrected chi connectivity index (χ4v) is 2.20. The molecule has 4 nitrogen and oxygen atoms in total. The van der Waals surface area contributed by atoms with Gasteiger partial charge in [-0.1, -0.05) is 0 Å². The first-order valence-electron chi connectivity index (χ1n) is 6.41. The molecule has 1 heterocycles. The van der Waals surface area contributed by atoms with E-state index in [2.05, 4.69) is 4.98 Å². The molecule has 0 saturated carbocycles. The highest BCUT2D eigenvalue weighted by Crippen LogP contribution is 2.31. The van der Waals surface area contributed by atoms with Crippen molar-refractivity contribution in [1.29, 1.82) is 0 Å². The summed E-state index contributed by atoms with van der Waals surface area (Å²) < 4.78 is 11.0. The number of oxazole rings is 1. The van der Waals surface area contributed by atoms with Gasteiger partial charge in [-0.05, 0) is 55.3 Å². The molecule has 0 fully saturated rings. The molecule has 0 radical (unpaired) electrons. The monoisotopic (exact) mass is 268 g/mol. The third kappa shape index (κ3) is 1.90. The van der Waals surface area contributed by atoms with Crippen molar-refractivity contribution in [2.45, 2.75) is 13.8 Å². The standard InChI is InChI=1S/C16H16N2O2/c1-9-10(2)15-14(8-13(9)17)18-16(20-15)11-4-6-12(19-3)7-5-11/h4-8H,17H2,1-3H3. The minimum atomic E-state index is 0.593. The summed E-state index contributed by atoms with van der Waals surface area (Å²) in [5.41, 5.74) is 11.3. The van der Waals surface area contributed by atoms with Crippen molar-refractivity contribution < 1.29 is 9.15 Å². The largest absolute Gasteiger partial charge is 0.497 e. The van der Waals surface area contributed by atoms with Gasteiger partial charge in [-0.3, -0.25) is 0 Å². The van der Waals surface area contributed by atoms with Crippen LogP contribution in [0.3, 0.4) is 0 Å². The van der Waals surface area contributed by atoms with E-state index in [0.717, 1.165) is 39.2 Å². The molecule has 20 heavy (non-hydrogen) atoms. The number of anilines is 1. The van der Waals surface area contributed by atoms with E-state index >= 15 is 0 Å². The van der Waals surface area contributed by atoms with Crippen molar-refractivity contribution in [2.24, 2.45) is 0 Å². The predicted molar refractivity (Wildman–Crippen MR) is 79.9 cm³/mol. The first-order chi connectivity index (χ1) is 9.60. The van der Waals surface area contributed by atoms with Crippen LogP contribution in [0.4, 0.5) is 5.69 Å². The van der Waals surface area contributed by atoms with Gasteiger partial charge in [0.1, 0.15) is 11.3 Å².